The molecule has 0 unspecified atom stereocenters. The summed E-state index contributed by atoms with van der Waals surface area (Å²) < 4.78 is 98.8. The van der Waals surface area contributed by atoms with Crippen molar-refractivity contribution in [1.82, 2.24) is 16.0 Å². The molecule has 9 aliphatic rings. The Morgan fingerprint density at radius 2 is 0.477 bits per heavy atom. The molecule has 0 saturated carbocycles. The second-order valence-electron chi connectivity index (χ2n) is 27.4. The third kappa shape index (κ3) is 19.5. The molecule has 49 heteroatoms. The van der Waals surface area contributed by atoms with E-state index in [2.05, 4.69) is 16.0 Å². The summed E-state index contributed by atoms with van der Waals surface area (Å²) in [6, 6.07) is -5.83. The van der Waals surface area contributed by atoms with Crippen LogP contribution in [0.2, 0.25) is 0 Å². The average molecular weight is 1600 g/mol. The molecular formula is C60H101N3O46. The number of ether oxygens (including phenoxy) is 17. The van der Waals surface area contributed by atoms with Crippen LogP contribution in [0.4, 0.5) is 0 Å². The van der Waals surface area contributed by atoms with Crippen molar-refractivity contribution in [2.45, 2.75) is 297 Å². The summed E-state index contributed by atoms with van der Waals surface area (Å²) in [4.78, 5) is 39.0. The van der Waals surface area contributed by atoms with Gasteiger partial charge in [0, 0.05) is 20.8 Å². The lowest BCUT2D eigenvalue weighted by atomic mass is 9.93. The van der Waals surface area contributed by atoms with E-state index in [0.717, 1.165) is 20.8 Å². The smallest absolute Gasteiger partial charge is 0.217 e. The predicted molar refractivity (Wildman–Crippen MR) is 332 cm³/mol. The number of hydrogen-bond acceptors (Lipinski definition) is 46. The Bertz CT molecular complexity index is 2840. The highest BCUT2D eigenvalue weighted by atomic mass is 16.8. The van der Waals surface area contributed by atoms with Gasteiger partial charge in [-0.3, -0.25) is 14.4 Å². The number of carbonyl (C=O) groups excluding carboxylic acids is 3. The molecule has 0 aromatic carbocycles. The lowest BCUT2D eigenvalue weighted by Gasteiger charge is -2.51. The Kier molecular flexibility index (Phi) is 32.1. The zero-order chi connectivity index (χ0) is 80.2. The highest BCUT2D eigenvalue weighted by molar-refractivity contribution is 5.74. The van der Waals surface area contributed by atoms with E-state index >= 15 is 0 Å². The second kappa shape index (κ2) is 39.1. The maximum Gasteiger partial charge on any atom is 0.217 e. The highest BCUT2D eigenvalue weighted by Crippen LogP contribution is 2.40. The van der Waals surface area contributed by atoms with Gasteiger partial charge in [0.25, 0.3) is 0 Å². The van der Waals surface area contributed by atoms with Gasteiger partial charge in [-0.25, -0.2) is 0 Å². The Morgan fingerprint density at radius 1 is 0.239 bits per heavy atom. The third-order valence-corrected chi connectivity index (χ3v) is 20.0. The van der Waals surface area contributed by atoms with E-state index in [9.17, 15) is 147 Å². The van der Waals surface area contributed by atoms with Crippen molar-refractivity contribution in [3.8, 4) is 0 Å². The van der Waals surface area contributed by atoms with Gasteiger partial charge in [-0.1, -0.05) is 0 Å². The van der Waals surface area contributed by atoms with Crippen LogP contribution in [0.25, 0.3) is 0 Å². The van der Waals surface area contributed by atoms with E-state index in [0.29, 0.717) is 0 Å². The van der Waals surface area contributed by atoms with Crippen LogP contribution in [0.5, 0.6) is 0 Å². The first kappa shape index (κ1) is 89.6. The first-order valence-corrected chi connectivity index (χ1v) is 34.6. The molecule has 9 aliphatic heterocycles. The molecular weight excluding hydrogens is 1500 g/mol. The molecule has 0 aromatic rings. The maximum atomic E-state index is 13.0. The van der Waals surface area contributed by atoms with Gasteiger partial charge in [-0.2, -0.15) is 0 Å². The molecule has 0 aromatic heterocycles. The van der Waals surface area contributed by atoms with E-state index in [1.165, 1.54) is 0 Å². The van der Waals surface area contributed by atoms with Gasteiger partial charge >= 0.3 is 0 Å². The summed E-state index contributed by atoms with van der Waals surface area (Å²) in [5.74, 6) is -2.87. The van der Waals surface area contributed by atoms with Crippen LogP contribution in [0.1, 0.15) is 20.8 Å². The van der Waals surface area contributed by atoms with Crippen molar-refractivity contribution >= 4 is 17.7 Å². The molecule has 632 valence electrons. The van der Waals surface area contributed by atoms with Crippen LogP contribution in [0.3, 0.4) is 0 Å². The van der Waals surface area contributed by atoms with Crippen LogP contribution < -0.4 is 16.0 Å². The van der Waals surface area contributed by atoms with Gasteiger partial charge in [-0.15, -0.1) is 0 Å². The van der Waals surface area contributed by atoms with Crippen LogP contribution in [0.15, 0.2) is 0 Å². The largest absolute Gasteiger partial charge is 0.394 e. The molecule has 0 aliphatic carbocycles. The van der Waals surface area contributed by atoms with Gasteiger partial charge in [-0.05, 0) is 0 Å². The molecule has 9 fully saturated rings. The van der Waals surface area contributed by atoms with E-state index in [-0.39, 0.29) is 0 Å². The van der Waals surface area contributed by atoms with Crippen molar-refractivity contribution < 1.29 is 228 Å². The number of aliphatic hydroxyl groups excluding tert-OH is 26. The molecule has 9 rings (SSSR count). The minimum absolute atomic E-state index is 0.924. The Labute approximate surface area is 616 Å². The Hall–Kier alpha value is -3.31. The summed E-state index contributed by atoms with van der Waals surface area (Å²) in [7, 11) is 0. The highest BCUT2D eigenvalue weighted by Gasteiger charge is 2.61. The van der Waals surface area contributed by atoms with Crippen LogP contribution >= 0.6 is 0 Å². The molecule has 45 atom stereocenters. The lowest BCUT2D eigenvalue weighted by Crippen LogP contribution is -2.71. The van der Waals surface area contributed by atoms with Crippen molar-refractivity contribution in [3.63, 3.8) is 0 Å². The predicted octanol–water partition coefficient (Wildman–Crippen LogP) is -20.2. The number of aliphatic hydroxyl groups is 26. The molecule has 49 nitrogen and oxygen atoms in total. The molecule has 3 amide bonds. The molecule has 0 radical (unpaired) electrons. The Balaban J connectivity index is 1.00. The van der Waals surface area contributed by atoms with E-state index in [1.54, 1.807) is 0 Å². The summed E-state index contributed by atoms with van der Waals surface area (Å²) in [6.45, 7) is -6.80. The third-order valence-electron chi connectivity index (χ3n) is 20.0. The number of hydrogen-bond donors (Lipinski definition) is 29. The maximum absolute atomic E-state index is 13.0. The molecule has 0 spiro atoms. The normalized spacial score (nSPS) is 50.0. The first-order valence-electron chi connectivity index (χ1n) is 34.6. The molecule has 109 heavy (non-hydrogen) atoms. The number of rotatable bonds is 28. The quantitative estimate of drug-likeness (QED) is 0.0346. The topological polar surface area (TPSA) is 770 Å². The minimum atomic E-state index is -2.49. The van der Waals surface area contributed by atoms with E-state index in [1.807, 2.05) is 0 Å². The summed E-state index contributed by atoms with van der Waals surface area (Å²) >= 11 is 0. The zero-order valence-corrected chi connectivity index (χ0v) is 58.1. The number of carbonyl (C=O) groups is 3. The monoisotopic (exact) mass is 1600 g/mol. The van der Waals surface area contributed by atoms with Crippen LogP contribution in [-0.2, 0) is 94.9 Å². The van der Waals surface area contributed by atoms with Crippen molar-refractivity contribution in [1.29, 1.82) is 0 Å². The molecule has 0 bridgehead atoms. The van der Waals surface area contributed by atoms with Gasteiger partial charge in [0.15, 0.2) is 56.6 Å². The first-order chi connectivity index (χ1) is 51.6. The second-order valence-corrected chi connectivity index (χ2v) is 27.4. The molecule has 9 saturated heterocycles. The number of nitrogens with one attached hydrogen (secondary N) is 3. The van der Waals surface area contributed by atoms with Crippen molar-refractivity contribution in [2.24, 2.45) is 0 Å². The standard InChI is InChI=1S/C60H101N3O46/c1-13(72)61-25-33(80)45(104-58-43(90)50(31(78)19(7-67)97-58)109-57-41(88)37(84)29(76)17(5-65)96-57)21(9-69)99-53(25)93-12-24-32(79)51(108-55-26(62-14(2)73)34(81)46(22(10-70)100-55)103-56-40(87)36(83)28(75)16(4-64)95-56)44(91)60(102-24)105-47-23(11-71)101-54(27(35(47)82)63-15(3)74)107-49-30(77)18(6-66)98-59(42(49)89)106-48-20(8-68)94-52(92)39(86)38(48)85/h16-60,64-71,75-92H,4-12H2,1-3H3,(H,61,72)(H,62,73)(H,63,74)/t16-,17-,18-,19-,20-,21-,22-,23-,24-,25-,26-,27-,28+,29+,30+,31+,32+,33-,34-,35-,36+,37+,38-,39-,40-,41-,42-,43-,44-,45-,46-,47-,48-,49+,50+,51+,52-,53-,54+,55+,56+,57-,58+,59+,60+/m1/s1. The zero-order valence-electron chi connectivity index (χ0n) is 58.1. The summed E-state index contributed by atoms with van der Waals surface area (Å²) in [6.07, 6.45) is -85.6. The average Bonchev–Trinajstić information content (AvgIpc) is 0.771. The van der Waals surface area contributed by atoms with E-state index in [4.69, 9.17) is 80.5 Å². The fraction of sp³-hybridized carbons (Fsp3) is 0.950. The van der Waals surface area contributed by atoms with Crippen molar-refractivity contribution in [3.05, 3.63) is 0 Å². The van der Waals surface area contributed by atoms with Gasteiger partial charge in [0.2, 0.25) is 17.7 Å². The summed E-state index contributed by atoms with van der Waals surface area (Å²) in [5.41, 5.74) is 0. The summed E-state index contributed by atoms with van der Waals surface area (Å²) in [5, 5.41) is 292. The van der Waals surface area contributed by atoms with Crippen LogP contribution in [-0.4, -0.2) is 486 Å². The molecule has 29 N–H and O–H groups in total. The van der Waals surface area contributed by atoms with Gasteiger partial charge in [0.05, 0.1) is 59.5 Å². The fourth-order valence-electron chi connectivity index (χ4n) is 14.1. The van der Waals surface area contributed by atoms with Crippen molar-refractivity contribution in [2.75, 3.05) is 59.5 Å². The minimum Gasteiger partial charge on any atom is -0.394 e. The van der Waals surface area contributed by atoms with Gasteiger partial charge < -0.3 is 229 Å². The molecule has 9 heterocycles. The fourth-order valence-corrected chi connectivity index (χ4v) is 14.1. The van der Waals surface area contributed by atoms with Gasteiger partial charge in [0.1, 0.15) is 220 Å². The SMILES string of the molecule is CC(=O)N[C@H]1[C@H](O[C@H]2[C@@H](O)[C@@H](CO[C@@H]3O[C@H](CO)[C@@H](O[C@@H]4O[C@H](CO)[C@H](O)[C@H](O[C@H]5O[C@H](CO)[C@H](O)[C@H](O)[C@H]5O)[C@H]4O)[C@H](O)[C@H]3NC(C)=O)O[C@@H](O[C@H]3[C@H](O)[C@@H](NC(C)=O)[C@H](O[C@H]4[C@@H](O)[C@@H](CO)O[C@@H](O[C@H]5[C@H](O)[C@@H](O)[C@H](O)O[C@@H]5CO)[C@@H]4O)O[C@@H]3CO)[C@@H]2O)O[C@H](CO)[C@@H](O[C@@H]2O[C@H](CO)[C@H](O)[C@H](O)[C@H]2O)[C@@H]1O. The number of amides is 3. The lowest BCUT2D eigenvalue weighted by molar-refractivity contribution is -0.389. The van der Waals surface area contributed by atoms with Crippen LogP contribution in [0, 0.1) is 0 Å². The van der Waals surface area contributed by atoms with E-state index < -0.39 is 353 Å². The Morgan fingerprint density at radius 3 is 0.798 bits per heavy atom.